The van der Waals surface area contributed by atoms with Crippen molar-refractivity contribution in [2.75, 3.05) is 18.4 Å². The molecule has 0 atom stereocenters. The fraction of sp³-hybridized carbons (Fsp3) is 0.222. The van der Waals surface area contributed by atoms with Crippen molar-refractivity contribution in [2.45, 2.75) is 13.8 Å². The van der Waals surface area contributed by atoms with Crippen molar-refractivity contribution < 1.29 is 4.79 Å². The number of nitrogens with zero attached hydrogens (tertiary/aromatic N) is 4. The average Bonchev–Trinajstić information content (AvgIpc) is 3.18. The molecule has 0 aromatic carbocycles. The summed E-state index contributed by atoms with van der Waals surface area (Å²) in [6, 6.07) is 9.27. The van der Waals surface area contributed by atoms with E-state index in [1.165, 1.54) is 0 Å². The number of carbonyl (C=O) groups is 1. The van der Waals surface area contributed by atoms with Gasteiger partial charge < -0.3 is 10.2 Å². The van der Waals surface area contributed by atoms with Gasteiger partial charge in [0.05, 0.1) is 5.56 Å². The summed E-state index contributed by atoms with van der Waals surface area (Å²) in [5, 5.41) is 5.95. The molecule has 3 rings (SSSR count). The summed E-state index contributed by atoms with van der Waals surface area (Å²) < 4.78 is 0. The molecule has 0 radical (unpaired) electrons. The van der Waals surface area contributed by atoms with Gasteiger partial charge in [0, 0.05) is 30.9 Å². The smallest absolute Gasteiger partial charge is 0.255 e. The summed E-state index contributed by atoms with van der Waals surface area (Å²) in [6.07, 6.45) is 3.35. The van der Waals surface area contributed by atoms with Gasteiger partial charge in [-0.15, -0.1) is 11.3 Å². The Kier molecular flexibility index (Phi) is 5.35. The van der Waals surface area contributed by atoms with Crippen LogP contribution in [0.2, 0.25) is 0 Å². The molecule has 25 heavy (non-hydrogen) atoms. The molecule has 0 bridgehead atoms. The minimum atomic E-state index is -0.00654. The Morgan fingerprint density at radius 1 is 1.12 bits per heavy atom. The van der Waals surface area contributed by atoms with Crippen LogP contribution in [0.3, 0.4) is 0 Å². The van der Waals surface area contributed by atoms with E-state index < -0.39 is 0 Å². The van der Waals surface area contributed by atoms with Gasteiger partial charge in [-0.3, -0.25) is 4.79 Å². The van der Waals surface area contributed by atoms with Gasteiger partial charge >= 0.3 is 0 Å². The summed E-state index contributed by atoms with van der Waals surface area (Å²) in [4.78, 5) is 27.2. The number of carbonyl (C=O) groups excluding carboxylic acids is 1. The Bertz CT molecular complexity index is 829. The van der Waals surface area contributed by atoms with Crippen molar-refractivity contribution in [3.05, 3.63) is 53.7 Å². The monoisotopic (exact) mass is 353 g/mol. The van der Waals surface area contributed by atoms with Crippen LogP contribution in [0.15, 0.2) is 48.1 Å². The third-order valence-electron chi connectivity index (χ3n) is 3.72. The number of pyridine rings is 2. The molecule has 1 amide bonds. The molecule has 0 aliphatic carbocycles. The van der Waals surface area contributed by atoms with Gasteiger partial charge in [0.25, 0.3) is 5.91 Å². The van der Waals surface area contributed by atoms with Crippen molar-refractivity contribution in [2.24, 2.45) is 0 Å². The lowest BCUT2D eigenvalue weighted by molar-refractivity contribution is 0.0772. The first-order valence-electron chi connectivity index (χ1n) is 8.10. The quantitative estimate of drug-likeness (QED) is 0.729. The number of thiazole rings is 1. The molecule has 0 saturated heterocycles. The predicted octanol–water partition coefficient (Wildman–Crippen LogP) is 3.83. The number of nitrogens with one attached hydrogen (secondary N) is 1. The van der Waals surface area contributed by atoms with Gasteiger partial charge in [0.2, 0.25) is 0 Å². The minimum absolute atomic E-state index is 0.00654. The summed E-state index contributed by atoms with van der Waals surface area (Å²) in [5.41, 5.74) is 1.40. The second-order valence-corrected chi connectivity index (χ2v) is 6.17. The molecule has 0 aliphatic rings. The molecule has 0 spiro atoms. The van der Waals surface area contributed by atoms with E-state index >= 15 is 0 Å². The minimum Gasteiger partial charge on any atom is -0.339 e. The number of anilines is 2. The lowest BCUT2D eigenvalue weighted by Gasteiger charge is -2.18. The lowest BCUT2D eigenvalue weighted by atomic mass is 10.2. The summed E-state index contributed by atoms with van der Waals surface area (Å²) >= 11 is 1.54. The standard InChI is InChI=1S/C18H19N5OS/c1-3-23(4-2)18(24)13-8-9-15(20-12-13)22-16-7-5-6-14(21-16)17-19-10-11-25-17/h5-12H,3-4H2,1-2H3,(H,20,21,22). The zero-order valence-electron chi connectivity index (χ0n) is 14.1. The van der Waals surface area contributed by atoms with Crippen LogP contribution in [0.1, 0.15) is 24.2 Å². The van der Waals surface area contributed by atoms with Crippen molar-refractivity contribution in [3.63, 3.8) is 0 Å². The van der Waals surface area contributed by atoms with Crippen LogP contribution >= 0.6 is 11.3 Å². The molecule has 1 N–H and O–H groups in total. The summed E-state index contributed by atoms with van der Waals surface area (Å²) in [6.45, 7) is 5.29. The molecule has 0 fully saturated rings. The van der Waals surface area contributed by atoms with E-state index in [-0.39, 0.29) is 5.91 Å². The van der Waals surface area contributed by atoms with Gasteiger partial charge in [-0.05, 0) is 38.1 Å². The molecule has 0 unspecified atom stereocenters. The Hall–Kier alpha value is -2.80. The Morgan fingerprint density at radius 3 is 2.60 bits per heavy atom. The van der Waals surface area contributed by atoms with Gasteiger partial charge in [-0.2, -0.15) is 0 Å². The highest BCUT2D eigenvalue weighted by Crippen LogP contribution is 2.22. The number of hydrogen-bond donors (Lipinski definition) is 1. The molecule has 6 nitrogen and oxygen atoms in total. The van der Waals surface area contributed by atoms with Gasteiger partial charge in [-0.1, -0.05) is 6.07 Å². The van der Waals surface area contributed by atoms with E-state index in [0.717, 1.165) is 10.7 Å². The maximum Gasteiger partial charge on any atom is 0.255 e. The normalized spacial score (nSPS) is 10.5. The predicted molar refractivity (Wildman–Crippen MR) is 100 cm³/mol. The zero-order valence-corrected chi connectivity index (χ0v) is 15.0. The largest absolute Gasteiger partial charge is 0.339 e. The SMILES string of the molecule is CCN(CC)C(=O)c1ccc(Nc2cccc(-c3nccs3)n2)nc1. The van der Waals surface area contributed by atoms with Crippen molar-refractivity contribution in [1.29, 1.82) is 0 Å². The van der Waals surface area contributed by atoms with E-state index in [4.69, 9.17) is 0 Å². The first-order valence-corrected chi connectivity index (χ1v) is 8.98. The highest BCUT2D eigenvalue weighted by atomic mass is 32.1. The van der Waals surface area contributed by atoms with E-state index in [1.54, 1.807) is 40.8 Å². The molecule has 3 heterocycles. The number of rotatable bonds is 6. The Morgan fingerprint density at radius 2 is 1.96 bits per heavy atom. The molecule has 0 saturated carbocycles. The van der Waals surface area contributed by atoms with Crippen LogP contribution in [0.4, 0.5) is 11.6 Å². The van der Waals surface area contributed by atoms with E-state index in [2.05, 4.69) is 20.3 Å². The van der Waals surface area contributed by atoms with Crippen LogP contribution in [-0.2, 0) is 0 Å². The number of amides is 1. The topological polar surface area (TPSA) is 71.0 Å². The van der Waals surface area contributed by atoms with Crippen molar-refractivity contribution >= 4 is 28.9 Å². The van der Waals surface area contributed by atoms with E-state index in [1.807, 2.05) is 37.4 Å². The molecular formula is C18H19N5OS. The third kappa shape index (κ3) is 4.00. The van der Waals surface area contributed by atoms with Crippen LogP contribution < -0.4 is 5.32 Å². The molecule has 128 valence electrons. The fourth-order valence-electron chi connectivity index (χ4n) is 2.39. The lowest BCUT2D eigenvalue weighted by Crippen LogP contribution is -2.30. The first-order chi connectivity index (χ1) is 12.2. The molecular weight excluding hydrogens is 334 g/mol. The fourth-order valence-corrected chi connectivity index (χ4v) is 3.00. The molecule has 0 aliphatic heterocycles. The number of aromatic nitrogens is 3. The first kappa shape index (κ1) is 17.0. The summed E-state index contributed by atoms with van der Waals surface area (Å²) in [5.74, 6) is 1.32. The number of hydrogen-bond acceptors (Lipinski definition) is 6. The van der Waals surface area contributed by atoms with Crippen LogP contribution in [0.25, 0.3) is 10.7 Å². The average molecular weight is 353 g/mol. The zero-order chi connectivity index (χ0) is 17.6. The second kappa shape index (κ2) is 7.85. The van der Waals surface area contributed by atoms with Crippen molar-refractivity contribution in [1.82, 2.24) is 19.9 Å². The van der Waals surface area contributed by atoms with E-state index in [9.17, 15) is 4.79 Å². The maximum atomic E-state index is 12.3. The molecule has 3 aromatic rings. The Labute approximate surface area is 150 Å². The van der Waals surface area contributed by atoms with Crippen molar-refractivity contribution in [3.8, 4) is 10.7 Å². The molecule has 7 heteroatoms. The van der Waals surface area contributed by atoms with Crippen LogP contribution in [0.5, 0.6) is 0 Å². The van der Waals surface area contributed by atoms with Gasteiger partial charge in [0.15, 0.2) is 0 Å². The second-order valence-electron chi connectivity index (χ2n) is 5.28. The summed E-state index contributed by atoms with van der Waals surface area (Å²) in [7, 11) is 0. The van der Waals surface area contributed by atoms with Crippen LogP contribution in [-0.4, -0.2) is 38.8 Å². The highest BCUT2D eigenvalue weighted by molar-refractivity contribution is 7.13. The van der Waals surface area contributed by atoms with Gasteiger partial charge in [-0.25, -0.2) is 15.0 Å². The molecule has 3 aromatic heterocycles. The van der Waals surface area contributed by atoms with Gasteiger partial charge in [0.1, 0.15) is 22.3 Å². The Balaban J connectivity index is 1.74. The van der Waals surface area contributed by atoms with E-state index in [0.29, 0.717) is 30.3 Å². The highest BCUT2D eigenvalue weighted by Gasteiger charge is 2.12. The van der Waals surface area contributed by atoms with Crippen LogP contribution in [0, 0.1) is 0 Å². The maximum absolute atomic E-state index is 12.3. The third-order valence-corrected chi connectivity index (χ3v) is 4.51.